The molecule has 116 valence electrons. The fraction of sp³-hybridized carbons (Fsp3) is 0.500. The van der Waals surface area contributed by atoms with E-state index in [1.54, 1.807) is 24.3 Å². The number of hydrogen-bond donors (Lipinski definition) is 2. The predicted octanol–water partition coefficient (Wildman–Crippen LogP) is 3.45. The van der Waals surface area contributed by atoms with Gasteiger partial charge < -0.3 is 15.2 Å². The summed E-state index contributed by atoms with van der Waals surface area (Å²) in [5.41, 5.74) is 0.511. The molecule has 5 heteroatoms. The van der Waals surface area contributed by atoms with E-state index in [9.17, 15) is 9.59 Å². The number of carbonyl (C=O) groups is 2. The number of rotatable bonds is 10. The van der Waals surface area contributed by atoms with Crippen molar-refractivity contribution in [2.75, 3.05) is 11.9 Å². The zero-order valence-electron chi connectivity index (χ0n) is 12.4. The molecule has 0 saturated heterocycles. The van der Waals surface area contributed by atoms with Crippen LogP contribution in [-0.2, 0) is 9.59 Å². The zero-order valence-corrected chi connectivity index (χ0v) is 12.4. The van der Waals surface area contributed by atoms with E-state index in [-0.39, 0.29) is 5.91 Å². The Labute approximate surface area is 125 Å². The van der Waals surface area contributed by atoms with E-state index in [0.29, 0.717) is 17.9 Å². The topological polar surface area (TPSA) is 75.6 Å². The number of hydrogen-bond acceptors (Lipinski definition) is 3. The summed E-state index contributed by atoms with van der Waals surface area (Å²) in [6, 6.07) is 6.84. The van der Waals surface area contributed by atoms with Crippen LogP contribution in [0.25, 0.3) is 0 Å². The summed E-state index contributed by atoms with van der Waals surface area (Å²) in [6.45, 7) is 1.73. The third-order valence-electron chi connectivity index (χ3n) is 3.02. The van der Waals surface area contributed by atoms with E-state index >= 15 is 0 Å². The highest BCUT2D eigenvalue weighted by molar-refractivity contribution is 5.92. The summed E-state index contributed by atoms with van der Waals surface area (Å²) in [4.78, 5) is 22.4. The van der Waals surface area contributed by atoms with Gasteiger partial charge in [0.1, 0.15) is 5.75 Å². The van der Waals surface area contributed by atoms with Gasteiger partial charge in [-0.25, -0.2) is 4.79 Å². The lowest BCUT2D eigenvalue weighted by Crippen LogP contribution is -2.14. The number of aliphatic carboxylic acids is 1. The maximum Gasteiger partial charge on any atom is 0.341 e. The summed E-state index contributed by atoms with van der Waals surface area (Å²) >= 11 is 0. The first-order valence-electron chi connectivity index (χ1n) is 7.37. The molecule has 0 atom stereocenters. The fourth-order valence-electron chi connectivity index (χ4n) is 1.94. The summed E-state index contributed by atoms with van der Waals surface area (Å²) < 4.78 is 5.14. The van der Waals surface area contributed by atoms with E-state index in [2.05, 4.69) is 12.2 Å². The Morgan fingerprint density at radius 2 is 1.86 bits per heavy atom. The van der Waals surface area contributed by atoms with Crippen molar-refractivity contribution < 1.29 is 19.4 Å². The van der Waals surface area contributed by atoms with Gasteiger partial charge in [-0.05, 0) is 18.6 Å². The van der Waals surface area contributed by atoms with Gasteiger partial charge in [0.05, 0.1) is 5.69 Å². The number of carboxylic acids is 1. The second kappa shape index (κ2) is 9.80. The first-order valence-corrected chi connectivity index (χ1v) is 7.37. The van der Waals surface area contributed by atoms with Gasteiger partial charge in [0, 0.05) is 6.42 Å². The molecule has 1 aromatic carbocycles. The maximum atomic E-state index is 11.9. The highest BCUT2D eigenvalue weighted by Gasteiger charge is 2.08. The van der Waals surface area contributed by atoms with Crippen molar-refractivity contribution in [1.82, 2.24) is 0 Å². The van der Waals surface area contributed by atoms with Crippen molar-refractivity contribution in [1.29, 1.82) is 0 Å². The average molecular weight is 293 g/mol. The number of nitrogens with one attached hydrogen (secondary N) is 1. The molecule has 5 nitrogen and oxygen atoms in total. The van der Waals surface area contributed by atoms with Gasteiger partial charge in [0.2, 0.25) is 5.91 Å². The molecule has 0 aliphatic carbocycles. The number of carboxylic acid groups (broad SMARTS) is 1. The number of anilines is 1. The zero-order chi connectivity index (χ0) is 15.5. The number of ether oxygens (including phenoxy) is 1. The Morgan fingerprint density at radius 3 is 2.57 bits per heavy atom. The second-order valence-corrected chi connectivity index (χ2v) is 4.89. The molecule has 0 spiro atoms. The number of benzene rings is 1. The molecule has 0 fully saturated rings. The van der Waals surface area contributed by atoms with Crippen molar-refractivity contribution in [3.63, 3.8) is 0 Å². The van der Waals surface area contributed by atoms with Crippen molar-refractivity contribution >= 4 is 17.6 Å². The van der Waals surface area contributed by atoms with Crippen LogP contribution in [0.15, 0.2) is 24.3 Å². The van der Waals surface area contributed by atoms with Gasteiger partial charge in [-0.15, -0.1) is 0 Å². The Kier molecular flexibility index (Phi) is 7.94. The van der Waals surface area contributed by atoms with Crippen molar-refractivity contribution in [3.8, 4) is 5.75 Å². The molecule has 0 saturated carbocycles. The fourth-order valence-corrected chi connectivity index (χ4v) is 1.94. The van der Waals surface area contributed by atoms with Crippen LogP contribution in [0.2, 0.25) is 0 Å². The van der Waals surface area contributed by atoms with E-state index in [1.807, 2.05) is 0 Å². The number of amides is 1. The second-order valence-electron chi connectivity index (χ2n) is 4.89. The number of para-hydroxylation sites is 2. The molecule has 0 unspecified atom stereocenters. The molecule has 0 aliphatic heterocycles. The molecule has 0 aromatic heterocycles. The van der Waals surface area contributed by atoms with E-state index < -0.39 is 12.6 Å². The molecule has 2 N–H and O–H groups in total. The number of carbonyl (C=O) groups excluding carboxylic acids is 1. The van der Waals surface area contributed by atoms with Crippen LogP contribution < -0.4 is 10.1 Å². The molecule has 0 heterocycles. The van der Waals surface area contributed by atoms with Gasteiger partial charge >= 0.3 is 5.97 Å². The van der Waals surface area contributed by atoms with Crippen LogP contribution in [0, 0.1) is 0 Å². The molecule has 21 heavy (non-hydrogen) atoms. The molecule has 1 aromatic rings. The van der Waals surface area contributed by atoms with Crippen LogP contribution >= 0.6 is 0 Å². The first kappa shape index (κ1) is 17.0. The summed E-state index contributed by atoms with van der Waals surface area (Å²) in [5.74, 6) is -0.746. The SMILES string of the molecule is CCCCCCCC(=O)Nc1ccccc1OCC(=O)O. The lowest BCUT2D eigenvalue weighted by molar-refractivity contribution is -0.139. The summed E-state index contributed by atoms with van der Waals surface area (Å²) in [5, 5.41) is 11.4. The largest absolute Gasteiger partial charge is 0.480 e. The minimum atomic E-state index is -1.05. The molecule has 0 bridgehead atoms. The molecule has 1 amide bonds. The molecular weight excluding hydrogens is 270 g/mol. The molecule has 0 radical (unpaired) electrons. The lowest BCUT2D eigenvalue weighted by atomic mass is 10.1. The smallest absolute Gasteiger partial charge is 0.341 e. The average Bonchev–Trinajstić information content (AvgIpc) is 2.46. The summed E-state index contributed by atoms with van der Waals surface area (Å²) in [6.07, 6.45) is 5.93. The Bertz CT molecular complexity index is 459. The standard InChI is InChI=1S/C16H23NO4/c1-2-3-4-5-6-11-15(18)17-13-9-7-8-10-14(13)21-12-16(19)20/h7-10H,2-6,11-12H2,1H3,(H,17,18)(H,19,20). The quantitative estimate of drug-likeness (QED) is 0.648. The highest BCUT2D eigenvalue weighted by Crippen LogP contribution is 2.24. The van der Waals surface area contributed by atoms with Gasteiger partial charge in [-0.3, -0.25) is 4.79 Å². The highest BCUT2D eigenvalue weighted by atomic mass is 16.5. The maximum absolute atomic E-state index is 11.9. The monoisotopic (exact) mass is 293 g/mol. The summed E-state index contributed by atoms with van der Waals surface area (Å²) in [7, 11) is 0. The third-order valence-corrected chi connectivity index (χ3v) is 3.02. The molecule has 0 aliphatic rings. The van der Waals surface area contributed by atoms with Gasteiger partial charge in [0.15, 0.2) is 6.61 Å². The van der Waals surface area contributed by atoms with Crippen LogP contribution in [0.5, 0.6) is 5.75 Å². The van der Waals surface area contributed by atoms with Crippen LogP contribution in [0.4, 0.5) is 5.69 Å². The van der Waals surface area contributed by atoms with E-state index in [0.717, 1.165) is 19.3 Å². The molecule has 1 rings (SSSR count). The Hall–Kier alpha value is -2.04. The molecular formula is C16H23NO4. The Morgan fingerprint density at radius 1 is 1.14 bits per heavy atom. The minimum Gasteiger partial charge on any atom is -0.480 e. The first-order chi connectivity index (χ1) is 10.1. The van der Waals surface area contributed by atoms with Crippen LogP contribution in [-0.4, -0.2) is 23.6 Å². The Balaban J connectivity index is 2.42. The van der Waals surface area contributed by atoms with Crippen LogP contribution in [0.1, 0.15) is 45.4 Å². The van der Waals surface area contributed by atoms with Gasteiger partial charge in [-0.2, -0.15) is 0 Å². The van der Waals surface area contributed by atoms with Crippen molar-refractivity contribution in [2.45, 2.75) is 45.4 Å². The van der Waals surface area contributed by atoms with Crippen LogP contribution in [0.3, 0.4) is 0 Å². The predicted molar refractivity (Wildman–Crippen MR) is 81.6 cm³/mol. The van der Waals surface area contributed by atoms with Gasteiger partial charge in [0.25, 0.3) is 0 Å². The third kappa shape index (κ3) is 7.34. The van der Waals surface area contributed by atoms with Gasteiger partial charge in [-0.1, -0.05) is 44.7 Å². The van der Waals surface area contributed by atoms with E-state index in [4.69, 9.17) is 9.84 Å². The van der Waals surface area contributed by atoms with Crippen molar-refractivity contribution in [3.05, 3.63) is 24.3 Å². The normalized spacial score (nSPS) is 10.1. The lowest BCUT2D eigenvalue weighted by Gasteiger charge is -2.11. The van der Waals surface area contributed by atoms with E-state index in [1.165, 1.54) is 12.8 Å². The minimum absolute atomic E-state index is 0.0714. The number of unbranched alkanes of at least 4 members (excludes halogenated alkanes) is 4. The van der Waals surface area contributed by atoms with Crippen molar-refractivity contribution in [2.24, 2.45) is 0 Å².